The fourth-order valence-electron chi connectivity index (χ4n) is 2.30. The van der Waals surface area contributed by atoms with Gasteiger partial charge in [0.15, 0.2) is 0 Å². The van der Waals surface area contributed by atoms with E-state index in [1.54, 1.807) is 4.90 Å². The Balaban J connectivity index is 3.29. The minimum Gasteiger partial charge on any atom is -0.395 e. The maximum atomic E-state index is 14.2. The molecular formula is C14H20F2N2OS. The zero-order chi connectivity index (χ0) is 15.3. The summed E-state index contributed by atoms with van der Waals surface area (Å²) in [6, 6.07) is 2.22. The van der Waals surface area contributed by atoms with Crippen LogP contribution in [0, 0.1) is 11.6 Å². The van der Waals surface area contributed by atoms with E-state index in [9.17, 15) is 8.78 Å². The van der Waals surface area contributed by atoms with Gasteiger partial charge in [0.1, 0.15) is 22.3 Å². The molecule has 1 aromatic rings. The third-order valence-electron chi connectivity index (χ3n) is 3.31. The summed E-state index contributed by atoms with van der Waals surface area (Å²) in [5, 5.41) is 9.14. The summed E-state index contributed by atoms with van der Waals surface area (Å²) >= 11 is 4.73. The summed E-state index contributed by atoms with van der Waals surface area (Å²) in [5.41, 5.74) is 5.42. The van der Waals surface area contributed by atoms with Crippen molar-refractivity contribution >= 4 is 22.9 Å². The highest BCUT2D eigenvalue weighted by Gasteiger charge is 2.23. The summed E-state index contributed by atoms with van der Waals surface area (Å²) in [6.07, 6.45) is 1.46. The molecule has 0 aliphatic heterocycles. The standard InChI is InChI=1S/C14H20F2N2OS/c1-3-10(4-2)18(5-6-19)13-11(15)7-9(14(17)20)8-12(13)16/h7-8,10,19H,3-6H2,1-2H3,(H2,17,20). The van der Waals surface area contributed by atoms with Gasteiger partial charge in [-0.25, -0.2) is 8.78 Å². The second-order valence-corrected chi connectivity index (χ2v) is 4.98. The van der Waals surface area contributed by atoms with Crippen LogP contribution in [0.25, 0.3) is 0 Å². The van der Waals surface area contributed by atoms with Gasteiger partial charge < -0.3 is 15.7 Å². The molecule has 20 heavy (non-hydrogen) atoms. The number of aliphatic hydroxyl groups excluding tert-OH is 1. The molecule has 0 aliphatic carbocycles. The molecule has 3 N–H and O–H groups in total. The number of anilines is 1. The highest BCUT2D eigenvalue weighted by molar-refractivity contribution is 7.80. The molecule has 0 aromatic heterocycles. The fourth-order valence-corrected chi connectivity index (χ4v) is 2.41. The minimum absolute atomic E-state index is 0.0400. The molecule has 0 bridgehead atoms. The average Bonchev–Trinajstić information content (AvgIpc) is 2.39. The predicted octanol–water partition coefficient (Wildman–Crippen LogP) is 2.59. The lowest BCUT2D eigenvalue weighted by molar-refractivity contribution is 0.294. The van der Waals surface area contributed by atoms with E-state index in [0.717, 1.165) is 25.0 Å². The van der Waals surface area contributed by atoms with Gasteiger partial charge in [0, 0.05) is 18.2 Å². The van der Waals surface area contributed by atoms with E-state index in [4.69, 9.17) is 23.1 Å². The molecule has 0 aliphatic rings. The average molecular weight is 302 g/mol. The summed E-state index contributed by atoms with van der Waals surface area (Å²) in [6.45, 7) is 3.88. The van der Waals surface area contributed by atoms with Gasteiger partial charge >= 0.3 is 0 Å². The molecule has 0 spiro atoms. The molecule has 6 heteroatoms. The number of rotatable bonds is 7. The van der Waals surface area contributed by atoms with Crippen LogP contribution in [-0.4, -0.2) is 29.3 Å². The minimum atomic E-state index is -0.715. The van der Waals surface area contributed by atoms with Gasteiger partial charge in [-0.05, 0) is 25.0 Å². The Kier molecular flexibility index (Phi) is 6.29. The zero-order valence-corrected chi connectivity index (χ0v) is 12.5. The third kappa shape index (κ3) is 3.64. The predicted molar refractivity (Wildman–Crippen MR) is 81.0 cm³/mol. The molecular weight excluding hydrogens is 282 g/mol. The lowest BCUT2D eigenvalue weighted by Gasteiger charge is -2.32. The van der Waals surface area contributed by atoms with Crippen molar-refractivity contribution in [3.63, 3.8) is 0 Å². The Morgan fingerprint density at radius 2 is 1.80 bits per heavy atom. The smallest absolute Gasteiger partial charge is 0.150 e. The lowest BCUT2D eigenvalue weighted by Crippen LogP contribution is -2.38. The van der Waals surface area contributed by atoms with Gasteiger partial charge in [0.05, 0.1) is 6.61 Å². The highest BCUT2D eigenvalue weighted by Crippen LogP contribution is 2.28. The second kappa shape index (κ2) is 7.50. The van der Waals surface area contributed by atoms with Gasteiger partial charge in [0.2, 0.25) is 0 Å². The van der Waals surface area contributed by atoms with E-state index in [0.29, 0.717) is 0 Å². The first-order valence-electron chi connectivity index (χ1n) is 6.62. The molecule has 0 fully saturated rings. The van der Waals surface area contributed by atoms with Crippen molar-refractivity contribution in [2.45, 2.75) is 32.7 Å². The van der Waals surface area contributed by atoms with Crippen LogP contribution in [0.5, 0.6) is 0 Å². The topological polar surface area (TPSA) is 49.5 Å². The van der Waals surface area contributed by atoms with Crippen LogP contribution in [-0.2, 0) is 0 Å². The number of aliphatic hydroxyl groups is 1. The third-order valence-corrected chi connectivity index (χ3v) is 3.55. The Hall–Kier alpha value is -1.27. The highest BCUT2D eigenvalue weighted by atomic mass is 32.1. The van der Waals surface area contributed by atoms with E-state index >= 15 is 0 Å². The Labute approximate surface area is 123 Å². The number of thiocarbonyl (C=S) groups is 1. The van der Waals surface area contributed by atoms with Crippen LogP contribution >= 0.6 is 12.2 Å². The van der Waals surface area contributed by atoms with E-state index < -0.39 is 11.6 Å². The second-order valence-electron chi connectivity index (χ2n) is 4.54. The van der Waals surface area contributed by atoms with E-state index in [-0.39, 0.29) is 35.4 Å². The molecule has 0 saturated carbocycles. The van der Waals surface area contributed by atoms with Crippen molar-refractivity contribution in [2.24, 2.45) is 5.73 Å². The van der Waals surface area contributed by atoms with Crippen LogP contribution in [0.2, 0.25) is 0 Å². The van der Waals surface area contributed by atoms with E-state index in [1.165, 1.54) is 0 Å². The number of hydrogen-bond acceptors (Lipinski definition) is 3. The van der Waals surface area contributed by atoms with Crippen molar-refractivity contribution in [1.29, 1.82) is 0 Å². The summed E-state index contributed by atoms with van der Waals surface area (Å²) in [5.74, 6) is -1.43. The quantitative estimate of drug-likeness (QED) is 0.760. The Bertz CT molecular complexity index is 455. The number of hydrogen-bond donors (Lipinski definition) is 2. The van der Waals surface area contributed by atoms with E-state index in [1.807, 2.05) is 13.8 Å². The fraction of sp³-hybridized carbons (Fsp3) is 0.500. The van der Waals surface area contributed by atoms with Crippen LogP contribution in [0.15, 0.2) is 12.1 Å². The maximum absolute atomic E-state index is 14.2. The molecule has 0 unspecified atom stereocenters. The van der Waals surface area contributed by atoms with Crippen molar-refractivity contribution < 1.29 is 13.9 Å². The first-order chi connectivity index (χ1) is 9.46. The molecule has 0 atom stereocenters. The molecule has 0 radical (unpaired) electrons. The molecule has 1 aromatic carbocycles. The van der Waals surface area contributed by atoms with Crippen LogP contribution in [0.3, 0.4) is 0 Å². The number of nitrogens with two attached hydrogens (primary N) is 1. The summed E-state index contributed by atoms with van der Waals surface area (Å²) in [7, 11) is 0. The molecule has 0 amide bonds. The SMILES string of the molecule is CCC(CC)N(CCO)c1c(F)cc(C(N)=S)cc1F. The van der Waals surface area contributed by atoms with Gasteiger partial charge in [-0.15, -0.1) is 0 Å². The zero-order valence-electron chi connectivity index (χ0n) is 11.7. The number of benzene rings is 1. The molecule has 0 heterocycles. The summed E-state index contributed by atoms with van der Waals surface area (Å²) in [4.78, 5) is 1.51. The van der Waals surface area contributed by atoms with Crippen LogP contribution < -0.4 is 10.6 Å². The maximum Gasteiger partial charge on any atom is 0.150 e. The Morgan fingerprint density at radius 3 is 2.15 bits per heavy atom. The Morgan fingerprint density at radius 1 is 1.30 bits per heavy atom. The van der Waals surface area contributed by atoms with Crippen LogP contribution in [0.1, 0.15) is 32.3 Å². The van der Waals surface area contributed by atoms with Crippen LogP contribution in [0.4, 0.5) is 14.5 Å². The number of nitrogens with zero attached hydrogens (tertiary/aromatic N) is 1. The molecule has 1 rings (SSSR count). The van der Waals surface area contributed by atoms with Crippen molar-refractivity contribution in [3.8, 4) is 0 Å². The summed E-state index contributed by atoms with van der Waals surface area (Å²) < 4.78 is 28.4. The normalized spacial score (nSPS) is 10.9. The molecule has 0 saturated heterocycles. The molecule has 3 nitrogen and oxygen atoms in total. The van der Waals surface area contributed by atoms with Gasteiger partial charge in [0.25, 0.3) is 0 Å². The van der Waals surface area contributed by atoms with Crippen molar-refractivity contribution in [3.05, 3.63) is 29.3 Å². The monoisotopic (exact) mass is 302 g/mol. The first kappa shape index (κ1) is 16.8. The van der Waals surface area contributed by atoms with E-state index in [2.05, 4.69) is 0 Å². The lowest BCUT2D eigenvalue weighted by atomic mass is 10.1. The van der Waals surface area contributed by atoms with Gasteiger partial charge in [-0.1, -0.05) is 26.1 Å². The largest absolute Gasteiger partial charge is 0.395 e. The van der Waals surface area contributed by atoms with Gasteiger partial charge in [-0.3, -0.25) is 0 Å². The first-order valence-corrected chi connectivity index (χ1v) is 7.03. The van der Waals surface area contributed by atoms with Gasteiger partial charge in [-0.2, -0.15) is 0 Å². The van der Waals surface area contributed by atoms with Crippen molar-refractivity contribution in [1.82, 2.24) is 0 Å². The van der Waals surface area contributed by atoms with Crippen molar-refractivity contribution in [2.75, 3.05) is 18.1 Å². The number of halogens is 2. The molecule has 112 valence electrons.